The molecule has 0 saturated heterocycles. The van der Waals surface area contributed by atoms with Crippen molar-refractivity contribution in [2.45, 2.75) is 25.4 Å². The zero-order valence-corrected chi connectivity index (χ0v) is 13.4. The Morgan fingerprint density at radius 2 is 2.26 bits per heavy atom. The minimum absolute atomic E-state index is 0.0147. The molecule has 0 saturated carbocycles. The third-order valence-electron chi connectivity index (χ3n) is 2.55. The molecule has 2 unspecified atom stereocenters. The topological polar surface area (TPSA) is 61.4 Å². The number of carbonyl (C=O) groups excluding carboxylic acids is 1. The van der Waals surface area contributed by atoms with E-state index in [9.17, 15) is 4.79 Å². The first-order chi connectivity index (χ1) is 9.06. The molecule has 4 nitrogen and oxygen atoms in total. The number of amides is 2. The summed E-state index contributed by atoms with van der Waals surface area (Å²) in [4.78, 5) is 12.9. The summed E-state index contributed by atoms with van der Waals surface area (Å²) in [5.74, 6) is 0.785. The van der Waals surface area contributed by atoms with Crippen LogP contribution in [0.4, 0.5) is 4.79 Å². The fraction of sp³-hybridized carbons (Fsp3) is 0.583. The molecule has 108 valence electrons. The van der Waals surface area contributed by atoms with Crippen molar-refractivity contribution in [3.63, 3.8) is 0 Å². The molecule has 0 radical (unpaired) electrons. The van der Waals surface area contributed by atoms with Crippen LogP contribution in [0.15, 0.2) is 12.1 Å². The molecular weight excluding hydrogens is 304 g/mol. The summed E-state index contributed by atoms with van der Waals surface area (Å²) >= 11 is 8.96. The highest BCUT2D eigenvalue weighted by molar-refractivity contribution is 7.98. The molecule has 1 aromatic heterocycles. The summed E-state index contributed by atoms with van der Waals surface area (Å²) < 4.78 is 0.713. The molecule has 3 N–H and O–H groups in total. The third kappa shape index (κ3) is 6.03. The van der Waals surface area contributed by atoms with Crippen LogP contribution in [0.1, 0.15) is 24.3 Å². The summed E-state index contributed by atoms with van der Waals surface area (Å²) in [5.41, 5.74) is 0. The molecule has 19 heavy (non-hydrogen) atoms. The summed E-state index contributed by atoms with van der Waals surface area (Å²) in [6.45, 7) is 1.99. The van der Waals surface area contributed by atoms with E-state index in [1.165, 1.54) is 11.3 Å². The number of aliphatic hydroxyl groups is 1. The van der Waals surface area contributed by atoms with Gasteiger partial charge in [-0.1, -0.05) is 11.6 Å². The zero-order chi connectivity index (χ0) is 14.3. The van der Waals surface area contributed by atoms with Crippen LogP contribution in [0.3, 0.4) is 0 Å². The Balaban J connectivity index is 2.45. The molecule has 7 heteroatoms. The smallest absolute Gasteiger partial charge is 0.315 e. The summed E-state index contributed by atoms with van der Waals surface area (Å²) in [6.07, 6.45) is 2.54. The predicted molar refractivity (Wildman–Crippen MR) is 83.3 cm³/mol. The molecule has 2 atom stereocenters. The highest BCUT2D eigenvalue weighted by Crippen LogP contribution is 2.26. The third-order valence-corrected chi connectivity index (χ3v) is 4.70. The highest BCUT2D eigenvalue weighted by atomic mass is 35.5. The lowest BCUT2D eigenvalue weighted by Gasteiger charge is -2.19. The van der Waals surface area contributed by atoms with Crippen molar-refractivity contribution in [2.75, 3.05) is 18.6 Å². The van der Waals surface area contributed by atoms with E-state index in [0.29, 0.717) is 10.8 Å². The minimum Gasteiger partial charge on any atom is -0.396 e. The Morgan fingerprint density at radius 1 is 1.53 bits per heavy atom. The van der Waals surface area contributed by atoms with Crippen molar-refractivity contribution in [1.29, 1.82) is 0 Å². The second-order valence-corrected chi connectivity index (χ2v) is 6.80. The maximum atomic E-state index is 11.9. The fourth-order valence-corrected chi connectivity index (χ4v) is 3.33. The van der Waals surface area contributed by atoms with Crippen LogP contribution in [-0.4, -0.2) is 35.8 Å². The first-order valence-corrected chi connectivity index (χ1v) is 8.57. The van der Waals surface area contributed by atoms with Crippen molar-refractivity contribution in [1.82, 2.24) is 10.6 Å². The first-order valence-electron chi connectivity index (χ1n) is 5.99. The van der Waals surface area contributed by atoms with E-state index in [1.807, 2.05) is 25.3 Å². The molecule has 2 amide bonds. The first kappa shape index (κ1) is 16.6. The Morgan fingerprint density at radius 3 is 2.79 bits per heavy atom. The van der Waals surface area contributed by atoms with E-state index < -0.39 is 0 Å². The van der Waals surface area contributed by atoms with Gasteiger partial charge in [0, 0.05) is 23.3 Å². The molecule has 1 heterocycles. The maximum Gasteiger partial charge on any atom is 0.315 e. The Kier molecular flexibility index (Phi) is 7.60. The molecule has 0 fully saturated rings. The lowest BCUT2D eigenvalue weighted by molar-refractivity contribution is 0.229. The summed E-state index contributed by atoms with van der Waals surface area (Å²) in [7, 11) is 0. The van der Waals surface area contributed by atoms with Crippen molar-refractivity contribution >= 4 is 40.7 Å². The maximum absolute atomic E-state index is 11.9. The number of aliphatic hydroxyl groups excluding tert-OH is 1. The highest BCUT2D eigenvalue weighted by Gasteiger charge is 2.15. The zero-order valence-electron chi connectivity index (χ0n) is 11.0. The van der Waals surface area contributed by atoms with Crippen molar-refractivity contribution < 1.29 is 9.90 Å². The number of hydrogen-bond donors (Lipinski definition) is 3. The average molecular weight is 323 g/mol. The van der Waals surface area contributed by atoms with Gasteiger partial charge in [0.25, 0.3) is 0 Å². The van der Waals surface area contributed by atoms with Gasteiger partial charge in [-0.05, 0) is 31.7 Å². The summed E-state index contributed by atoms with van der Waals surface area (Å²) in [6, 6.07) is 3.41. The van der Waals surface area contributed by atoms with Crippen LogP contribution in [0, 0.1) is 0 Å². The number of carbonyl (C=O) groups is 1. The molecule has 0 bridgehead atoms. The molecular formula is C12H19ClN2O2S2. The van der Waals surface area contributed by atoms with E-state index >= 15 is 0 Å². The van der Waals surface area contributed by atoms with Crippen LogP contribution in [-0.2, 0) is 0 Å². The Labute approximate surface area is 126 Å². The van der Waals surface area contributed by atoms with Crippen LogP contribution >= 0.6 is 34.7 Å². The average Bonchev–Trinajstić information content (AvgIpc) is 2.76. The number of hydrogen-bond acceptors (Lipinski definition) is 4. The van der Waals surface area contributed by atoms with Crippen molar-refractivity contribution in [3.05, 3.63) is 21.3 Å². The SMILES string of the molecule is CSCC(CCO)NC(=O)NC(C)c1ccc(Cl)s1. The second-order valence-electron chi connectivity index (χ2n) is 4.15. The largest absolute Gasteiger partial charge is 0.396 e. The van der Waals surface area contributed by atoms with E-state index in [4.69, 9.17) is 16.7 Å². The van der Waals surface area contributed by atoms with Gasteiger partial charge < -0.3 is 15.7 Å². The van der Waals surface area contributed by atoms with Crippen LogP contribution in [0.2, 0.25) is 4.34 Å². The molecule has 1 rings (SSSR count). The molecule has 1 aromatic rings. The molecule has 0 aliphatic carbocycles. The van der Waals surface area contributed by atoms with E-state index in [-0.39, 0.29) is 24.7 Å². The molecule has 0 aliphatic heterocycles. The van der Waals surface area contributed by atoms with E-state index in [2.05, 4.69) is 10.6 Å². The van der Waals surface area contributed by atoms with Gasteiger partial charge in [0.05, 0.1) is 10.4 Å². The van der Waals surface area contributed by atoms with Gasteiger partial charge in [-0.2, -0.15) is 11.8 Å². The van der Waals surface area contributed by atoms with Gasteiger partial charge in [-0.25, -0.2) is 4.79 Å². The number of rotatable bonds is 7. The lowest BCUT2D eigenvalue weighted by Crippen LogP contribution is -2.44. The van der Waals surface area contributed by atoms with Gasteiger partial charge in [-0.3, -0.25) is 0 Å². The Hall–Kier alpha value is -0.430. The Bertz CT molecular complexity index is 395. The van der Waals surface area contributed by atoms with Gasteiger partial charge in [0.1, 0.15) is 0 Å². The second kappa shape index (κ2) is 8.68. The monoisotopic (exact) mass is 322 g/mol. The van der Waals surface area contributed by atoms with Crippen molar-refractivity contribution in [2.24, 2.45) is 0 Å². The number of thioether (sulfide) groups is 1. The standard InChI is InChI=1S/C12H19ClN2O2S2/c1-8(10-3-4-11(13)19-10)14-12(17)15-9(5-6-16)7-18-2/h3-4,8-9,16H,5-7H2,1-2H3,(H2,14,15,17). The normalized spacial score (nSPS) is 13.9. The van der Waals surface area contributed by atoms with Gasteiger partial charge >= 0.3 is 6.03 Å². The van der Waals surface area contributed by atoms with E-state index in [1.54, 1.807) is 11.8 Å². The quantitative estimate of drug-likeness (QED) is 0.723. The van der Waals surface area contributed by atoms with Gasteiger partial charge in [0.2, 0.25) is 0 Å². The molecule has 0 aromatic carbocycles. The van der Waals surface area contributed by atoms with E-state index in [0.717, 1.165) is 10.6 Å². The van der Waals surface area contributed by atoms with Crippen LogP contribution < -0.4 is 10.6 Å². The van der Waals surface area contributed by atoms with Crippen LogP contribution in [0.25, 0.3) is 0 Å². The lowest BCUT2D eigenvalue weighted by atomic mass is 10.2. The molecule has 0 spiro atoms. The predicted octanol–water partition coefficient (Wildman–Crippen LogP) is 2.88. The van der Waals surface area contributed by atoms with Crippen molar-refractivity contribution in [3.8, 4) is 0 Å². The fourth-order valence-electron chi connectivity index (χ4n) is 1.61. The number of urea groups is 1. The van der Waals surface area contributed by atoms with Gasteiger partial charge in [-0.15, -0.1) is 11.3 Å². The number of halogens is 1. The minimum atomic E-state index is -0.218. The summed E-state index contributed by atoms with van der Waals surface area (Å²) in [5, 5.41) is 14.7. The molecule has 0 aliphatic rings. The number of nitrogens with one attached hydrogen (secondary N) is 2. The van der Waals surface area contributed by atoms with Gasteiger partial charge in [0.15, 0.2) is 0 Å². The van der Waals surface area contributed by atoms with Crippen LogP contribution in [0.5, 0.6) is 0 Å². The number of thiophene rings is 1.